The summed E-state index contributed by atoms with van der Waals surface area (Å²) in [6.45, 7) is 0. The van der Waals surface area contributed by atoms with Crippen LogP contribution in [0.5, 0.6) is 0 Å². The molecular weight excluding hydrogens is 721 g/mol. The first-order chi connectivity index (χ1) is 29.8. The Bertz CT molecular complexity index is 3460. The molecule has 11 aromatic carbocycles. The van der Waals surface area contributed by atoms with E-state index in [-0.39, 0.29) is 0 Å². The van der Waals surface area contributed by atoms with Gasteiger partial charge in [0.2, 0.25) is 0 Å². The smallest absolute Gasteiger partial charge is 0.00139 e. The van der Waals surface area contributed by atoms with Crippen LogP contribution in [-0.2, 0) is 0 Å². The molecule has 0 heteroatoms. The molecule has 0 aliphatic carbocycles. The van der Waals surface area contributed by atoms with E-state index in [0.29, 0.717) is 0 Å². The molecule has 0 unspecified atom stereocenters. The molecule has 0 spiro atoms. The second-order valence-electron chi connectivity index (χ2n) is 15.6. The lowest BCUT2D eigenvalue weighted by Gasteiger charge is -2.22. The van der Waals surface area contributed by atoms with E-state index in [9.17, 15) is 0 Å². The zero-order chi connectivity index (χ0) is 39.8. The van der Waals surface area contributed by atoms with Crippen molar-refractivity contribution in [1.29, 1.82) is 0 Å². The van der Waals surface area contributed by atoms with E-state index < -0.39 is 0 Å². The minimum absolute atomic E-state index is 1.19. The normalized spacial score (nSPS) is 11.9. The Labute approximate surface area is 350 Å². The lowest BCUT2D eigenvalue weighted by atomic mass is 9.81. The highest BCUT2D eigenvalue weighted by Crippen LogP contribution is 2.50. The Balaban J connectivity index is 1.22. The first-order valence-corrected chi connectivity index (χ1v) is 20.8. The highest BCUT2D eigenvalue weighted by atomic mass is 14.2. The molecule has 0 aliphatic heterocycles. The zero-order valence-corrected chi connectivity index (χ0v) is 33.1. The summed E-state index contributed by atoms with van der Waals surface area (Å²) in [7, 11) is 0. The molecule has 0 heterocycles. The van der Waals surface area contributed by atoms with Crippen LogP contribution in [0.1, 0.15) is 22.3 Å². The standard InChI is InChI=1S/C60H40/c1-3-16-41(17-4-1)34-36-44-22-11-29-51-48(44)26-13-31-53(51)58-55-24-9-10-25-56(55)60(59-50(28-15-33-57(58)59)47-39-38-43-20-7-8-21-46(43)40-47)54-32-14-27-49-45(23-12-30-52(49)54)37-35-42-18-5-2-6-19-42/h1-40H/b36-34+,37-35+. The van der Waals surface area contributed by atoms with E-state index >= 15 is 0 Å². The molecule has 280 valence electrons. The fraction of sp³-hybridized carbons (Fsp3) is 0. The van der Waals surface area contributed by atoms with Gasteiger partial charge in [0, 0.05) is 0 Å². The van der Waals surface area contributed by atoms with Crippen molar-refractivity contribution in [3.63, 3.8) is 0 Å². The number of fused-ring (bicyclic) bond motifs is 5. The van der Waals surface area contributed by atoms with Crippen molar-refractivity contribution in [1.82, 2.24) is 0 Å². The summed E-state index contributed by atoms with van der Waals surface area (Å²) < 4.78 is 0. The maximum atomic E-state index is 2.36. The Kier molecular flexibility index (Phi) is 8.95. The quantitative estimate of drug-likeness (QED) is 0.112. The van der Waals surface area contributed by atoms with Crippen LogP contribution in [0.4, 0.5) is 0 Å². The van der Waals surface area contributed by atoms with Gasteiger partial charge < -0.3 is 0 Å². The monoisotopic (exact) mass is 760 g/mol. The Morgan fingerprint density at radius 2 is 0.700 bits per heavy atom. The Morgan fingerprint density at radius 1 is 0.250 bits per heavy atom. The molecule has 0 nitrogen and oxygen atoms in total. The molecule has 0 saturated heterocycles. The summed E-state index contributed by atoms with van der Waals surface area (Å²) >= 11 is 0. The molecule has 0 aliphatic rings. The van der Waals surface area contributed by atoms with Gasteiger partial charge in [-0.25, -0.2) is 0 Å². The largest absolute Gasteiger partial charge is 0.0622 e. The van der Waals surface area contributed by atoms with E-state index in [0.717, 1.165) is 0 Å². The molecular formula is C60H40. The third-order valence-electron chi connectivity index (χ3n) is 12.1. The van der Waals surface area contributed by atoms with Gasteiger partial charge in [0.1, 0.15) is 0 Å². The van der Waals surface area contributed by atoms with Crippen LogP contribution in [0.2, 0.25) is 0 Å². The first-order valence-electron chi connectivity index (χ1n) is 20.8. The molecule has 0 atom stereocenters. The Hall–Kier alpha value is -7.80. The van der Waals surface area contributed by atoms with Crippen LogP contribution < -0.4 is 0 Å². The second kappa shape index (κ2) is 15.2. The number of hydrogen-bond donors (Lipinski definition) is 0. The molecule has 11 aromatic rings. The minimum atomic E-state index is 1.19. The van der Waals surface area contributed by atoms with E-state index in [1.165, 1.54) is 109 Å². The summed E-state index contributed by atoms with van der Waals surface area (Å²) in [5.41, 5.74) is 12.2. The van der Waals surface area contributed by atoms with Crippen molar-refractivity contribution in [3.8, 4) is 33.4 Å². The van der Waals surface area contributed by atoms with Crippen molar-refractivity contribution in [2.45, 2.75) is 0 Å². The summed E-state index contributed by atoms with van der Waals surface area (Å²) in [6.07, 6.45) is 8.93. The maximum Gasteiger partial charge on any atom is -0.00139 e. The molecule has 0 N–H and O–H groups in total. The predicted molar refractivity (Wildman–Crippen MR) is 261 cm³/mol. The summed E-state index contributed by atoms with van der Waals surface area (Å²) in [5.74, 6) is 0. The van der Waals surface area contributed by atoms with Crippen molar-refractivity contribution in [2.75, 3.05) is 0 Å². The number of hydrogen-bond acceptors (Lipinski definition) is 0. The van der Waals surface area contributed by atoms with Crippen LogP contribution in [0.3, 0.4) is 0 Å². The van der Waals surface area contributed by atoms with E-state index in [4.69, 9.17) is 0 Å². The zero-order valence-electron chi connectivity index (χ0n) is 33.1. The van der Waals surface area contributed by atoms with Crippen LogP contribution in [-0.4, -0.2) is 0 Å². The van der Waals surface area contributed by atoms with E-state index in [1.807, 2.05) is 0 Å². The van der Waals surface area contributed by atoms with Gasteiger partial charge in [-0.05, 0) is 116 Å². The highest BCUT2D eigenvalue weighted by Gasteiger charge is 2.22. The van der Waals surface area contributed by atoms with Crippen LogP contribution in [0.25, 0.3) is 112 Å². The van der Waals surface area contributed by atoms with Crippen LogP contribution in [0, 0.1) is 0 Å². The average Bonchev–Trinajstić information content (AvgIpc) is 3.32. The first kappa shape index (κ1) is 35.4. The van der Waals surface area contributed by atoms with Crippen LogP contribution >= 0.6 is 0 Å². The number of benzene rings is 11. The number of rotatable bonds is 7. The summed E-state index contributed by atoms with van der Waals surface area (Å²) in [6, 6.07) is 79.8. The highest BCUT2D eigenvalue weighted by molar-refractivity contribution is 6.28. The van der Waals surface area contributed by atoms with Gasteiger partial charge in [0.05, 0.1) is 0 Å². The van der Waals surface area contributed by atoms with Gasteiger partial charge >= 0.3 is 0 Å². The topological polar surface area (TPSA) is 0 Å². The molecule has 0 bridgehead atoms. The van der Waals surface area contributed by atoms with E-state index in [1.54, 1.807) is 0 Å². The van der Waals surface area contributed by atoms with Crippen molar-refractivity contribution >= 4 is 78.2 Å². The Morgan fingerprint density at radius 3 is 1.32 bits per heavy atom. The van der Waals surface area contributed by atoms with Gasteiger partial charge in [0.15, 0.2) is 0 Å². The minimum Gasteiger partial charge on any atom is -0.0622 e. The SMILES string of the molecule is C(=C\c1cccc2c(-c3c4ccccc4c(-c4cccc5c(/C=C/c6ccccc6)cccc45)c4c(-c5ccc6ccccc6c5)cccc34)cccc12)/c1ccccc1. The maximum absolute atomic E-state index is 2.36. The molecule has 0 fully saturated rings. The van der Waals surface area contributed by atoms with Gasteiger partial charge in [-0.3, -0.25) is 0 Å². The summed E-state index contributed by atoms with van der Waals surface area (Å²) in [4.78, 5) is 0. The predicted octanol–water partition coefficient (Wildman–Crippen LogP) is 16.8. The van der Waals surface area contributed by atoms with Crippen molar-refractivity contribution in [2.24, 2.45) is 0 Å². The average molecular weight is 761 g/mol. The molecule has 0 saturated carbocycles. The van der Waals surface area contributed by atoms with Crippen molar-refractivity contribution in [3.05, 3.63) is 241 Å². The molecule has 0 amide bonds. The van der Waals surface area contributed by atoms with Crippen molar-refractivity contribution < 1.29 is 0 Å². The van der Waals surface area contributed by atoms with Gasteiger partial charge in [-0.15, -0.1) is 0 Å². The molecule has 11 rings (SSSR count). The second-order valence-corrected chi connectivity index (χ2v) is 15.6. The fourth-order valence-corrected chi connectivity index (χ4v) is 9.29. The van der Waals surface area contributed by atoms with Gasteiger partial charge in [-0.2, -0.15) is 0 Å². The fourth-order valence-electron chi connectivity index (χ4n) is 9.29. The summed E-state index contributed by atoms with van der Waals surface area (Å²) in [5, 5.41) is 12.4. The molecule has 60 heavy (non-hydrogen) atoms. The molecule has 0 aromatic heterocycles. The molecule has 0 radical (unpaired) electrons. The third kappa shape index (κ3) is 6.27. The van der Waals surface area contributed by atoms with Gasteiger partial charge in [0.25, 0.3) is 0 Å². The lowest BCUT2D eigenvalue weighted by Crippen LogP contribution is -1.95. The van der Waals surface area contributed by atoms with E-state index in [2.05, 4.69) is 243 Å². The van der Waals surface area contributed by atoms with Gasteiger partial charge in [-0.1, -0.05) is 237 Å². The lowest BCUT2D eigenvalue weighted by molar-refractivity contribution is 1.65. The third-order valence-corrected chi connectivity index (χ3v) is 12.1. The van der Waals surface area contributed by atoms with Crippen LogP contribution in [0.15, 0.2) is 218 Å².